The van der Waals surface area contributed by atoms with Gasteiger partial charge in [0.05, 0.1) is 5.60 Å². The molecule has 0 amide bonds. The van der Waals surface area contributed by atoms with Gasteiger partial charge in [-0.05, 0) is 48.4 Å². The van der Waals surface area contributed by atoms with Crippen molar-refractivity contribution in [2.45, 2.75) is 19.4 Å². The second kappa shape index (κ2) is 3.62. The topological polar surface area (TPSA) is 20.2 Å². The van der Waals surface area contributed by atoms with Gasteiger partial charge >= 0.3 is 0 Å². The molecule has 0 radical (unpaired) electrons. The highest BCUT2D eigenvalue weighted by molar-refractivity contribution is 9.10. The zero-order chi connectivity index (χ0) is 11.1. The van der Waals surface area contributed by atoms with Crippen LogP contribution in [0.2, 0.25) is 0 Å². The summed E-state index contributed by atoms with van der Waals surface area (Å²) in [6.45, 7) is 3.60. The van der Waals surface area contributed by atoms with Gasteiger partial charge in [-0.2, -0.15) is 0 Å². The Kier molecular flexibility index (Phi) is 2.57. The molecule has 0 aliphatic rings. The van der Waals surface area contributed by atoms with Crippen LogP contribution in [0.4, 0.5) is 0 Å². The smallest absolute Gasteiger partial charge is 0.0840 e. The lowest BCUT2D eigenvalue weighted by Crippen LogP contribution is -2.14. The number of halogens is 1. The second-order valence-electron chi connectivity index (χ2n) is 4.27. The standard InChI is InChI=1S/C13H13BrO/c1-13(2,15)11-5-3-10-8-12(14)6-4-9(10)7-11/h3-8,15H,1-2H3. The molecular weight excluding hydrogens is 252 g/mol. The number of aliphatic hydroxyl groups is 1. The van der Waals surface area contributed by atoms with E-state index < -0.39 is 5.60 Å². The Labute approximate surface area is 97.9 Å². The Morgan fingerprint density at radius 2 is 1.60 bits per heavy atom. The quantitative estimate of drug-likeness (QED) is 0.830. The Bertz CT molecular complexity index is 497. The summed E-state index contributed by atoms with van der Waals surface area (Å²) < 4.78 is 1.08. The molecule has 0 unspecified atom stereocenters. The molecule has 2 rings (SSSR count). The van der Waals surface area contributed by atoms with E-state index in [1.165, 1.54) is 5.39 Å². The first-order valence-corrected chi connectivity index (χ1v) is 5.68. The number of hydrogen-bond donors (Lipinski definition) is 1. The van der Waals surface area contributed by atoms with Crippen LogP contribution in [0, 0.1) is 0 Å². The van der Waals surface area contributed by atoms with E-state index in [9.17, 15) is 5.11 Å². The predicted molar refractivity (Wildman–Crippen MR) is 66.9 cm³/mol. The van der Waals surface area contributed by atoms with Crippen molar-refractivity contribution in [1.82, 2.24) is 0 Å². The number of fused-ring (bicyclic) bond motifs is 1. The van der Waals surface area contributed by atoms with E-state index in [1.807, 2.05) is 24.3 Å². The van der Waals surface area contributed by atoms with Crippen molar-refractivity contribution >= 4 is 26.7 Å². The number of rotatable bonds is 1. The summed E-state index contributed by atoms with van der Waals surface area (Å²) in [5.74, 6) is 0. The van der Waals surface area contributed by atoms with Crippen molar-refractivity contribution < 1.29 is 5.11 Å². The number of hydrogen-bond acceptors (Lipinski definition) is 1. The summed E-state index contributed by atoms with van der Waals surface area (Å²) in [5.41, 5.74) is 0.165. The van der Waals surface area contributed by atoms with Gasteiger partial charge in [-0.1, -0.05) is 34.1 Å². The van der Waals surface area contributed by atoms with Gasteiger partial charge < -0.3 is 5.11 Å². The first kappa shape index (κ1) is 10.7. The zero-order valence-corrected chi connectivity index (χ0v) is 10.4. The normalized spacial score (nSPS) is 12.0. The van der Waals surface area contributed by atoms with E-state index in [-0.39, 0.29) is 0 Å². The van der Waals surface area contributed by atoms with Crippen LogP contribution < -0.4 is 0 Å². The molecule has 1 nitrogen and oxygen atoms in total. The maximum Gasteiger partial charge on any atom is 0.0840 e. The molecule has 0 heterocycles. The average molecular weight is 265 g/mol. The molecule has 0 spiro atoms. The van der Waals surface area contributed by atoms with Crippen molar-refractivity contribution in [3.63, 3.8) is 0 Å². The Balaban J connectivity index is 2.62. The minimum absolute atomic E-state index is 0.777. The molecule has 0 bridgehead atoms. The van der Waals surface area contributed by atoms with E-state index in [0.29, 0.717) is 0 Å². The van der Waals surface area contributed by atoms with Gasteiger partial charge in [-0.3, -0.25) is 0 Å². The summed E-state index contributed by atoms with van der Waals surface area (Å²) in [6, 6.07) is 12.2. The van der Waals surface area contributed by atoms with Gasteiger partial charge in [0, 0.05) is 4.47 Å². The van der Waals surface area contributed by atoms with Gasteiger partial charge in [0.15, 0.2) is 0 Å². The van der Waals surface area contributed by atoms with Gasteiger partial charge in [0.25, 0.3) is 0 Å². The lowest BCUT2D eigenvalue weighted by molar-refractivity contribution is 0.0787. The maximum absolute atomic E-state index is 9.89. The lowest BCUT2D eigenvalue weighted by atomic mass is 9.96. The fraction of sp³-hybridized carbons (Fsp3) is 0.231. The molecule has 0 saturated heterocycles. The summed E-state index contributed by atoms with van der Waals surface area (Å²) in [5, 5.41) is 12.2. The Morgan fingerprint density at radius 1 is 1.00 bits per heavy atom. The van der Waals surface area contributed by atoms with Gasteiger partial charge in [0.1, 0.15) is 0 Å². The minimum Gasteiger partial charge on any atom is -0.386 e. The molecule has 0 fully saturated rings. The van der Waals surface area contributed by atoms with Crippen LogP contribution >= 0.6 is 15.9 Å². The van der Waals surface area contributed by atoms with Gasteiger partial charge in [-0.15, -0.1) is 0 Å². The zero-order valence-electron chi connectivity index (χ0n) is 8.79. The van der Waals surface area contributed by atoms with Crippen LogP contribution in [0.3, 0.4) is 0 Å². The van der Waals surface area contributed by atoms with Crippen LogP contribution in [-0.2, 0) is 5.60 Å². The van der Waals surface area contributed by atoms with Crippen molar-refractivity contribution in [2.24, 2.45) is 0 Å². The molecule has 2 aromatic carbocycles. The molecule has 15 heavy (non-hydrogen) atoms. The van der Waals surface area contributed by atoms with E-state index in [1.54, 1.807) is 13.8 Å². The Morgan fingerprint density at radius 3 is 2.27 bits per heavy atom. The SMILES string of the molecule is CC(C)(O)c1ccc2cc(Br)ccc2c1. The first-order valence-electron chi connectivity index (χ1n) is 4.89. The second-order valence-corrected chi connectivity index (χ2v) is 5.18. The summed E-state index contributed by atoms with van der Waals surface area (Å²) in [6.07, 6.45) is 0. The van der Waals surface area contributed by atoms with E-state index in [0.717, 1.165) is 15.4 Å². The monoisotopic (exact) mass is 264 g/mol. The maximum atomic E-state index is 9.89. The fourth-order valence-corrected chi connectivity index (χ4v) is 1.98. The molecule has 0 atom stereocenters. The van der Waals surface area contributed by atoms with Crippen LogP contribution in [-0.4, -0.2) is 5.11 Å². The highest BCUT2D eigenvalue weighted by atomic mass is 79.9. The lowest BCUT2D eigenvalue weighted by Gasteiger charge is -2.18. The molecular formula is C13H13BrO. The highest BCUT2D eigenvalue weighted by Gasteiger charge is 2.15. The molecule has 0 aromatic heterocycles. The average Bonchev–Trinajstić information content (AvgIpc) is 2.15. The molecule has 2 heteroatoms. The van der Waals surface area contributed by atoms with Crippen LogP contribution in [0.15, 0.2) is 40.9 Å². The summed E-state index contributed by atoms with van der Waals surface area (Å²) in [7, 11) is 0. The van der Waals surface area contributed by atoms with Crippen molar-refractivity contribution in [1.29, 1.82) is 0 Å². The first-order chi connectivity index (χ1) is 6.97. The van der Waals surface area contributed by atoms with Gasteiger partial charge in [-0.25, -0.2) is 0 Å². The van der Waals surface area contributed by atoms with Crippen LogP contribution in [0.1, 0.15) is 19.4 Å². The van der Waals surface area contributed by atoms with Crippen LogP contribution in [0.25, 0.3) is 10.8 Å². The Hall–Kier alpha value is -0.860. The minimum atomic E-state index is -0.777. The molecule has 1 N–H and O–H groups in total. The van der Waals surface area contributed by atoms with Gasteiger partial charge in [0.2, 0.25) is 0 Å². The summed E-state index contributed by atoms with van der Waals surface area (Å²) in [4.78, 5) is 0. The van der Waals surface area contributed by atoms with Crippen molar-refractivity contribution in [3.05, 3.63) is 46.4 Å². The molecule has 0 aliphatic heterocycles. The van der Waals surface area contributed by atoms with Crippen molar-refractivity contribution in [2.75, 3.05) is 0 Å². The largest absolute Gasteiger partial charge is 0.386 e. The van der Waals surface area contributed by atoms with E-state index >= 15 is 0 Å². The van der Waals surface area contributed by atoms with E-state index in [2.05, 4.69) is 28.1 Å². The molecule has 78 valence electrons. The molecule has 2 aromatic rings. The van der Waals surface area contributed by atoms with Crippen molar-refractivity contribution in [3.8, 4) is 0 Å². The number of benzene rings is 2. The third-order valence-electron chi connectivity index (χ3n) is 2.51. The predicted octanol–water partition coefficient (Wildman–Crippen LogP) is 3.83. The summed E-state index contributed by atoms with van der Waals surface area (Å²) >= 11 is 3.44. The van der Waals surface area contributed by atoms with E-state index in [4.69, 9.17) is 0 Å². The third-order valence-corrected chi connectivity index (χ3v) is 3.00. The highest BCUT2D eigenvalue weighted by Crippen LogP contribution is 2.26. The van der Waals surface area contributed by atoms with Crippen LogP contribution in [0.5, 0.6) is 0 Å². The third kappa shape index (κ3) is 2.21. The molecule has 0 aliphatic carbocycles. The fourth-order valence-electron chi connectivity index (χ4n) is 1.60. The molecule has 0 saturated carbocycles.